The summed E-state index contributed by atoms with van der Waals surface area (Å²) in [5.41, 5.74) is 2.44. The Balaban J connectivity index is 1.90. The number of esters is 1. The minimum atomic E-state index is -3.93. The van der Waals surface area contributed by atoms with Crippen LogP contribution in [-0.2, 0) is 26.6 Å². The van der Waals surface area contributed by atoms with Crippen molar-refractivity contribution in [2.45, 2.75) is 18.7 Å². The van der Waals surface area contributed by atoms with Gasteiger partial charge in [-0.25, -0.2) is 8.42 Å². The number of aromatic nitrogens is 1. The second-order valence-corrected chi connectivity index (χ2v) is 7.66. The van der Waals surface area contributed by atoms with E-state index in [2.05, 4.69) is 4.72 Å². The molecule has 1 N–H and O–H groups in total. The summed E-state index contributed by atoms with van der Waals surface area (Å²) in [6.45, 7) is 2.56. The Labute approximate surface area is 157 Å². The fraction of sp³-hybridized carbons (Fsp3) is 0.278. The summed E-state index contributed by atoms with van der Waals surface area (Å²) < 4.78 is 33.0. The van der Waals surface area contributed by atoms with Crippen LogP contribution in [0.2, 0.25) is 0 Å². The summed E-state index contributed by atoms with van der Waals surface area (Å²) in [5.74, 6) is -1.23. The van der Waals surface area contributed by atoms with Crippen LogP contribution in [0.1, 0.15) is 27.3 Å². The molecule has 0 aliphatic heterocycles. The van der Waals surface area contributed by atoms with Crippen LogP contribution >= 0.6 is 0 Å². The third-order valence-corrected chi connectivity index (χ3v) is 5.56. The van der Waals surface area contributed by atoms with E-state index in [-0.39, 0.29) is 10.7 Å². The number of nitrogens with zero attached hydrogens (tertiary/aromatic N) is 2. The van der Waals surface area contributed by atoms with Crippen molar-refractivity contribution in [3.63, 3.8) is 0 Å². The summed E-state index contributed by atoms with van der Waals surface area (Å²) in [6, 6.07) is 8.82. The molecular weight excluding hydrogens is 370 g/mol. The van der Waals surface area contributed by atoms with Gasteiger partial charge in [0.25, 0.3) is 0 Å². The fourth-order valence-corrected chi connectivity index (χ4v) is 3.33. The Morgan fingerprint density at radius 1 is 1.22 bits per heavy atom. The van der Waals surface area contributed by atoms with Gasteiger partial charge >= 0.3 is 5.97 Å². The first-order valence-electron chi connectivity index (χ1n) is 7.97. The van der Waals surface area contributed by atoms with Gasteiger partial charge in [0.2, 0.25) is 15.8 Å². The molecule has 0 saturated heterocycles. The molecule has 1 aromatic heterocycles. The van der Waals surface area contributed by atoms with Crippen LogP contribution < -0.4 is 4.72 Å². The number of rotatable bonds is 7. The van der Waals surface area contributed by atoms with Gasteiger partial charge in [-0.05, 0) is 44.2 Å². The number of aryl methyl sites for hydroxylation is 1. The van der Waals surface area contributed by atoms with E-state index in [0.717, 1.165) is 11.4 Å². The third-order valence-electron chi connectivity index (χ3n) is 4.14. The maximum atomic E-state index is 12.2. The summed E-state index contributed by atoms with van der Waals surface area (Å²) in [7, 11) is -2.10. The van der Waals surface area contributed by atoms with Crippen LogP contribution in [0.15, 0.2) is 35.2 Å². The fourth-order valence-electron chi connectivity index (χ4n) is 2.36. The van der Waals surface area contributed by atoms with E-state index < -0.39 is 29.1 Å². The lowest BCUT2D eigenvalue weighted by atomic mass is 10.1. The highest BCUT2D eigenvalue weighted by Crippen LogP contribution is 2.14. The zero-order chi connectivity index (χ0) is 20.2. The number of sulfonamides is 1. The first-order chi connectivity index (χ1) is 12.7. The summed E-state index contributed by atoms with van der Waals surface area (Å²) in [6.07, 6.45) is 0. The minimum Gasteiger partial charge on any atom is -0.456 e. The molecule has 2 aromatic rings. The molecule has 1 heterocycles. The average molecular weight is 389 g/mol. The van der Waals surface area contributed by atoms with Crippen molar-refractivity contribution in [3.8, 4) is 6.07 Å². The van der Waals surface area contributed by atoms with Gasteiger partial charge < -0.3 is 9.30 Å². The molecule has 0 amide bonds. The number of ether oxygens (including phenoxy) is 1. The number of carbonyl (C=O) groups excluding carboxylic acids is 2. The zero-order valence-electron chi connectivity index (χ0n) is 15.1. The van der Waals surface area contributed by atoms with Crippen molar-refractivity contribution in [3.05, 3.63) is 52.8 Å². The van der Waals surface area contributed by atoms with Crippen LogP contribution in [0.5, 0.6) is 0 Å². The molecule has 0 unspecified atom stereocenters. The normalized spacial score (nSPS) is 11.0. The zero-order valence-corrected chi connectivity index (χ0v) is 16.0. The molecule has 0 bridgehead atoms. The monoisotopic (exact) mass is 389 g/mol. The molecule has 9 heteroatoms. The minimum absolute atomic E-state index is 0.0826. The standard InChI is InChI=1S/C18H19N3O5S/c1-12-8-16(13(2)21(12)3)17(22)11-26-18(23)10-20-27(24,25)15-6-4-14(9-19)5-7-15/h4-8,20H,10-11H2,1-3H3. The molecule has 0 atom stereocenters. The smallest absolute Gasteiger partial charge is 0.321 e. The number of carbonyl (C=O) groups is 2. The van der Waals surface area contributed by atoms with Gasteiger partial charge in [-0.2, -0.15) is 9.98 Å². The molecule has 1 aromatic carbocycles. The predicted molar refractivity (Wildman–Crippen MR) is 96.5 cm³/mol. The van der Waals surface area contributed by atoms with Gasteiger partial charge in [0.05, 0.1) is 16.5 Å². The highest BCUT2D eigenvalue weighted by molar-refractivity contribution is 7.89. The summed E-state index contributed by atoms with van der Waals surface area (Å²) in [4.78, 5) is 23.8. The Kier molecular flexibility index (Phi) is 6.15. The second kappa shape index (κ2) is 8.16. The Bertz CT molecular complexity index is 1010. The van der Waals surface area contributed by atoms with Crippen LogP contribution in [0.3, 0.4) is 0 Å². The molecule has 0 aliphatic carbocycles. The average Bonchev–Trinajstić information content (AvgIpc) is 2.92. The van der Waals surface area contributed by atoms with Crippen LogP contribution in [0.25, 0.3) is 0 Å². The third kappa shape index (κ3) is 4.81. The van der Waals surface area contributed by atoms with E-state index in [1.165, 1.54) is 24.3 Å². The first kappa shape index (κ1) is 20.4. The second-order valence-electron chi connectivity index (χ2n) is 5.89. The van der Waals surface area contributed by atoms with Crippen molar-refractivity contribution >= 4 is 21.8 Å². The van der Waals surface area contributed by atoms with E-state index in [1.54, 1.807) is 13.0 Å². The number of nitriles is 1. The quantitative estimate of drug-likeness (QED) is 0.562. The number of nitrogens with one attached hydrogen (secondary N) is 1. The van der Waals surface area contributed by atoms with Crippen molar-refractivity contribution < 1.29 is 22.7 Å². The molecule has 8 nitrogen and oxygen atoms in total. The highest BCUT2D eigenvalue weighted by atomic mass is 32.2. The number of hydrogen-bond acceptors (Lipinski definition) is 6. The SMILES string of the molecule is Cc1cc(C(=O)COC(=O)CNS(=O)(=O)c2ccc(C#N)cc2)c(C)n1C. The molecular formula is C18H19N3O5S. The topological polar surface area (TPSA) is 118 Å². The van der Waals surface area contributed by atoms with E-state index in [9.17, 15) is 18.0 Å². The summed E-state index contributed by atoms with van der Waals surface area (Å²) in [5, 5.41) is 8.72. The largest absolute Gasteiger partial charge is 0.456 e. The Morgan fingerprint density at radius 2 is 1.85 bits per heavy atom. The van der Waals surface area contributed by atoms with E-state index in [1.807, 2.05) is 24.6 Å². The van der Waals surface area contributed by atoms with Gasteiger partial charge in [0, 0.05) is 24.0 Å². The molecule has 0 fully saturated rings. The first-order valence-corrected chi connectivity index (χ1v) is 9.45. The Hall–Kier alpha value is -2.96. The molecule has 0 aliphatic rings. The Morgan fingerprint density at radius 3 is 2.37 bits per heavy atom. The van der Waals surface area contributed by atoms with Gasteiger partial charge in [0.1, 0.15) is 6.54 Å². The van der Waals surface area contributed by atoms with Crippen LogP contribution in [0, 0.1) is 25.2 Å². The van der Waals surface area contributed by atoms with Crippen molar-refractivity contribution in [2.75, 3.05) is 13.2 Å². The lowest BCUT2D eigenvalue weighted by molar-refractivity contribution is -0.141. The van der Waals surface area contributed by atoms with Crippen molar-refractivity contribution in [1.29, 1.82) is 5.26 Å². The maximum Gasteiger partial charge on any atom is 0.321 e. The van der Waals surface area contributed by atoms with E-state index >= 15 is 0 Å². The molecule has 142 valence electrons. The molecule has 2 rings (SSSR count). The lowest BCUT2D eigenvalue weighted by Crippen LogP contribution is -2.31. The number of hydrogen-bond donors (Lipinski definition) is 1. The van der Waals surface area contributed by atoms with Crippen molar-refractivity contribution in [1.82, 2.24) is 9.29 Å². The van der Waals surface area contributed by atoms with Crippen molar-refractivity contribution in [2.24, 2.45) is 7.05 Å². The molecule has 27 heavy (non-hydrogen) atoms. The highest BCUT2D eigenvalue weighted by Gasteiger charge is 2.18. The molecule has 0 radical (unpaired) electrons. The number of benzene rings is 1. The molecule has 0 spiro atoms. The van der Waals surface area contributed by atoms with Gasteiger partial charge in [0.15, 0.2) is 6.61 Å². The maximum absolute atomic E-state index is 12.2. The predicted octanol–water partition coefficient (Wildman–Crippen LogP) is 1.22. The van der Waals surface area contributed by atoms with Gasteiger partial charge in [-0.15, -0.1) is 0 Å². The van der Waals surface area contributed by atoms with E-state index in [4.69, 9.17) is 10.00 Å². The number of ketones is 1. The summed E-state index contributed by atoms with van der Waals surface area (Å²) >= 11 is 0. The van der Waals surface area contributed by atoms with Gasteiger partial charge in [-0.1, -0.05) is 0 Å². The number of Topliss-reactive ketones (excluding diaryl/α,β-unsaturated/α-hetero) is 1. The van der Waals surface area contributed by atoms with Gasteiger partial charge in [-0.3, -0.25) is 9.59 Å². The van der Waals surface area contributed by atoms with Crippen LogP contribution in [0.4, 0.5) is 0 Å². The molecule has 0 saturated carbocycles. The van der Waals surface area contributed by atoms with Crippen LogP contribution in [-0.4, -0.2) is 37.9 Å². The lowest BCUT2D eigenvalue weighted by Gasteiger charge is -2.07. The van der Waals surface area contributed by atoms with E-state index in [0.29, 0.717) is 11.1 Å².